The Morgan fingerprint density at radius 2 is 2.33 bits per heavy atom. The van der Waals surface area contributed by atoms with Gasteiger partial charge in [-0.2, -0.15) is 5.10 Å². The molecule has 0 bridgehead atoms. The number of amides is 1. The van der Waals surface area contributed by atoms with Crippen molar-refractivity contribution in [3.05, 3.63) is 35.8 Å². The van der Waals surface area contributed by atoms with E-state index in [0.29, 0.717) is 11.5 Å². The molecule has 0 atom stereocenters. The van der Waals surface area contributed by atoms with Crippen molar-refractivity contribution in [2.45, 2.75) is 33.2 Å². The van der Waals surface area contributed by atoms with Crippen LogP contribution in [0.25, 0.3) is 0 Å². The molecular formula is C13H18N4O. The van der Waals surface area contributed by atoms with Crippen LogP contribution in [-0.2, 0) is 6.42 Å². The molecule has 2 rings (SSSR count). The van der Waals surface area contributed by atoms with E-state index in [2.05, 4.69) is 15.5 Å². The third kappa shape index (κ3) is 2.30. The van der Waals surface area contributed by atoms with Gasteiger partial charge in [-0.3, -0.25) is 9.89 Å². The highest BCUT2D eigenvalue weighted by atomic mass is 16.2. The Kier molecular flexibility index (Phi) is 3.50. The van der Waals surface area contributed by atoms with Gasteiger partial charge in [-0.25, -0.2) is 0 Å². The molecule has 0 fully saturated rings. The number of rotatable bonds is 4. The van der Waals surface area contributed by atoms with Gasteiger partial charge in [0.05, 0.1) is 6.20 Å². The molecule has 0 aliphatic heterocycles. The van der Waals surface area contributed by atoms with E-state index in [1.807, 2.05) is 43.7 Å². The maximum absolute atomic E-state index is 12.2. The van der Waals surface area contributed by atoms with E-state index in [-0.39, 0.29) is 11.9 Å². The van der Waals surface area contributed by atoms with E-state index in [9.17, 15) is 4.79 Å². The van der Waals surface area contributed by atoms with Crippen molar-refractivity contribution in [1.29, 1.82) is 0 Å². The van der Waals surface area contributed by atoms with Crippen LogP contribution in [0.5, 0.6) is 0 Å². The summed E-state index contributed by atoms with van der Waals surface area (Å²) in [7, 11) is 0. The van der Waals surface area contributed by atoms with Crippen molar-refractivity contribution in [2.75, 3.05) is 5.32 Å². The summed E-state index contributed by atoms with van der Waals surface area (Å²) in [5.74, 6) is 0.562. The largest absolute Gasteiger partial charge is 0.341 e. The molecule has 5 heteroatoms. The first-order valence-corrected chi connectivity index (χ1v) is 6.14. The van der Waals surface area contributed by atoms with Crippen LogP contribution in [0.2, 0.25) is 0 Å². The predicted molar refractivity (Wildman–Crippen MR) is 70.7 cm³/mol. The van der Waals surface area contributed by atoms with Crippen molar-refractivity contribution in [2.24, 2.45) is 0 Å². The molecule has 1 amide bonds. The third-order valence-corrected chi connectivity index (χ3v) is 2.91. The van der Waals surface area contributed by atoms with E-state index >= 15 is 0 Å². The minimum atomic E-state index is -0.118. The molecule has 96 valence electrons. The summed E-state index contributed by atoms with van der Waals surface area (Å²) >= 11 is 0. The van der Waals surface area contributed by atoms with Crippen LogP contribution >= 0.6 is 0 Å². The molecule has 2 aromatic rings. The molecule has 0 aliphatic rings. The average Bonchev–Trinajstić information content (AvgIpc) is 2.96. The normalized spacial score (nSPS) is 10.9. The van der Waals surface area contributed by atoms with Crippen molar-refractivity contribution < 1.29 is 4.79 Å². The standard InChI is InChI=1S/C13H18N4O/c1-4-10-8-14-16-12(10)15-13(18)11-6-5-7-17(11)9(2)3/h5-9H,4H2,1-3H3,(H2,14,15,16,18). The van der Waals surface area contributed by atoms with Gasteiger partial charge >= 0.3 is 0 Å². The Morgan fingerprint density at radius 3 is 3.00 bits per heavy atom. The van der Waals surface area contributed by atoms with Crippen LogP contribution < -0.4 is 5.32 Å². The number of carbonyl (C=O) groups excluding carboxylic acids is 1. The van der Waals surface area contributed by atoms with E-state index < -0.39 is 0 Å². The van der Waals surface area contributed by atoms with Gasteiger partial charge in [-0.05, 0) is 32.4 Å². The molecule has 0 unspecified atom stereocenters. The lowest BCUT2D eigenvalue weighted by atomic mass is 10.2. The zero-order valence-corrected chi connectivity index (χ0v) is 10.9. The van der Waals surface area contributed by atoms with Gasteiger partial charge in [-0.1, -0.05) is 6.92 Å². The molecule has 0 aliphatic carbocycles. The molecule has 0 saturated carbocycles. The molecule has 2 heterocycles. The SMILES string of the molecule is CCc1cn[nH]c1NC(=O)c1cccn1C(C)C. The highest BCUT2D eigenvalue weighted by molar-refractivity contribution is 6.03. The average molecular weight is 246 g/mol. The van der Waals surface area contributed by atoms with Gasteiger partial charge < -0.3 is 9.88 Å². The molecule has 2 aromatic heterocycles. The Hall–Kier alpha value is -2.04. The maximum Gasteiger partial charge on any atom is 0.273 e. The van der Waals surface area contributed by atoms with Gasteiger partial charge in [0.25, 0.3) is 5.91 Å². The van der Waals surface area contributed by atoms with Gasteiger partial charge in [0.15, 0.2) is 0 Å². The summed E-state index contributed by atoms with van der Waals surface area (Å²) in [6.07, 6.45) is 4.47. The molecule has 0 radical (unpaired) electrons. The van der Waals surface area contributed by atoms with Crippen molar-refractivity contribution in [3.63, 3.8) is 0 Å². The number of aryl methyl sites for hydroxylation is 1. The van der Waals surface area contributed by atoms with Crippen molar-refractivity contribution in [3.8, 4) is 0 Å². The molecule has 0 saturated heterocycles. The summed E-state index contributed by atoms with van der Waals surface area (Å²) in [6, 6.07) is 3.95. The minimum absolute atomic E-state index is 0.118. The Bertz CT molecular complexity index is 539. The molecule has 0 aromatic carbocycles. The molecule has 2 N–H and O–H groups in total. The summed E-state index contributed by atoms with van der Waals surface area (Å²) in [6.45, 7) is 6.12. The first-order chi connectivity index (χ1) is 8.63. The number of aromatic nitrogens is 3. The van der Waals surface area contributed by atoms with Crippen LogP contribution in [-0.4, -0.2) is 20.7 Å². The summed E-state index contributed by atoms with van der Waals surface area (Å²) in [5.41, 5.74) is 1.66. The topological polar surface area (TPSA) is 62.7 Å². The van der Waals surface area contributed by atoms with E-state index in [0.717, 1.165) is 12.0 Å². The zero-order chi connectivity index (χ0) is 13.1. The number of hydrogen-bond acceptors (Lipinski definition) is 2. The Balaban J connectivity index is 2.20. The van der Waals surface area contributed by atoms with Crippen LogP contribution in [0.1, 0.15) is 42.9 Å². The molecule has 0 spiro atoms. The zero-order valence-electron chi connectivity index (χ0n) is 10.9. The monoisotopic (exact) mass is 246 g/mol. The number of hydrogen-bond donors (Lipinski definition) is 2. The number of nitrogens with zero attached hydrogens (tertiary/aromatic N) is 2. The van der Waals surface area contributed by atoms with Gasteiger partial charge in [0.1, 0.15) is 11.5 Å². The maximum atomic E-state index is 12.2. The van der Waals surface area contributed by atoms with Crippen LogP contribution in [0.3, 0.4) is 0 Å². The Labute approximate surface area is 106 Å². The lowest BCUT2D eigenvalue weighted by molar-refractivity contribution is 0.101. The number of nitrogens with one attached hydrogen (secondary N) is 2. The summed E-state index contributed by atoms with van der Waals surface area (Å²) < 4.78 is 1.94. The second-order valence-electron chi connectivity index (χ2n) is 4.47. The second-order valence-corrected chi connectivity index (χ2v) is 4.47. The number of carbonyl (C=O) groups is 1. The van der Waals surface area contributed by atoms with Crippen LogP contribution in [0.4, 0.5) is 5.82 Å². The van der Waals surface area contributed by atoms with Crippen molar-refractivity contribution in [1.82, 2.24) is 14.8 Å². The highest BCUT2D eigenvalue weighted by Gasteiger charge is 2.14. The molecule has 18 heavy (non-hydrogen) atoms. The number of anilines is 1. The highest BCUT2D eigenvalue weighted by Crippen LogP contribution is 2.15. The number of aromatic amines is 1. The van der Waals surface area contributed by atoms with Gasteiger partial charge in [0.2, 0.25) is 0 Å². The fourth-order valence-corrected chi connectivity index (χ4v) is 1.90. The molecular weight excluding hydrogens is 228 g/mol. The second kappa shape index (κ2) is 5.08. The predicted octanol–water partition coefficient (Wildman–Crippen LogP) is 2.61. The van der Waals surface area contributed by atoms with E-state index in [1.54, 1.807) is 6.20 Å². The van der Waals surface area contributed by atoms with Gasteiger partial charge in [-0.15, -0.1) is 0 Å². The lowest BCUT2D eigenvalue weighted by Gasteiger charge is -2.12. The van der Waals surface area contributed by atoms with E-state index in [1.165, 1.54) is 0 Å². The molecule has 5 nitrogen and oxygen atoms in total. The smallest absolute Gasteiger partial charge is 0.273 e. The number of H-pyrrole nitrogens is 1. The minimum Gasteiger partial charge on any atom is -0.341 e. The summed E-state index contributed by atoms with van der Waals surface area (Å²) in [4.78, 5) is 12.2. The van der Waals surface area contributed by atoms with Crippen LogP contribution in [0.15, 0.2) is 24.5 Å². The summed E-state index contributed by atoms with van der Waals surface area (Å²) in [5, 5.41) is 9.61. The van der Waals surface area contributed by atoms with Gasteiger partial charge in [0, 0.05) is 17.8 Å². The Morgan fingerprint density at radius 1 is 1.56 bits per heavy atom. The lowest BCUT2D eigenvalue weighted by Crippen LogP contribution is -2.18. The van der Waals surface area contributed by atoms with Crippen molar-refractivity contribution >= 4 is 11.7 Å². The first-order valence-electron chi connectivity index (χ1n) is 6.14. The fourth-order valence-electron chi connectivity index (χ4n) is 1.90. The van der Waals surface area contributed by atoms with Crippen LogP contribution in [0, 0.1) is 0 Å². The quantitative estimate of drug-likeness (QED) is 0.871. The fraction of sp³-hybridized carbons (Fsp3) is 0.385. The van der Waals surface area contributed by atoms with E-state index in [4.69, 9.17) is 0 Å². The first kappa shape index (κ1) is 12.4. The third-order valence-electron chi connectivity index (χ3n) is 2.91.